The summed E-state index contributed by atoms with van der Waals surface area (Å²) in [5, 5.41) is 2.93. The Morgan fingerprint density at radius 2 is 1.97 bits per heavy atom. The van der Waals surface area contributed by atoms with Crippen molar-refractivity contribution in [1.82, 2.24) is 15.1 Å². The molecule has 4 amide bonds. The summed E-state index contributed by atoms with van der Waals surface area (Å²) in [4.78, 5) is 42.4. The van der Waals surface area contributed by atoms with Crippen LogP contribution in [-0.2, 0) is 16.1 Å². The van der Waals surface area contributed by atoms with Crippen molar-refractivity contribution in [3.8, 4) is 0 Å². The number of urea groups is 1. The smallest absolute Gasteiger partial charge is 0.325 e. The first kappa shape index (κ1) is 23.1. The van der Waals surface area contributed by atoms with E-state index in [0.29, 0.717) is 36.2 Å². The summed E-state index contributed by atoms with van der Waals surface area (Å²) in [6.45, 7) is 9.34. The number of carbonyl (C=O) groups is 3. The van der Waals surface area contributed by atoms with E-state index in [1.807, 2.05) is 13.0 Å². The Morgan fingerprint density at radius 1 is 1.30 bits per heavy atom. The van der Waals surface area contributed by atoms with Crippen LogP contribution < -0.4 is 5.32 Å². The fourth-order valence-electron chi connectivity index (χ4n) is 4.58. The van der Waals surface area contributed by atoms with Gasteiger partial charge in [-0.25, -0.2) is 4.79 Å². The summed E-state index contributed by atoms with van der Waals surface area (Å²) < 4.78 is 0.673. The van der Waals surface area contributed by atoms with E-state index in [2.05, 4.69) is 26.1 Å². The number of nitrogens with one attached hydrogen (secondary N) is 1. The van der Waals surface area contributed by atoms with E-state index in [-0.39, 0.29) is 23.8 Å². The number of likely N-dealkylation sites (N-methyl/N-ethyl adjacent to an activating group) is 1. The lowest BCUT2D eigenvalue weighted by molar-refractivity contribution is -0.140. The Hall–Kier alpha value is -1.60. The third kappa shape index (κ3) is 4.52. The first-order valence-electron chi connectivity index (χ1n) is 10.8. The van der Waals surface area contributed by atoms with Crippen molar-refractivity contribution in [2.24, 2.45) is 11.3 Å². The minimum absolute atomic E-state index is 0.219. The molecule has 1 aliphatic heterocycles. The highest BCUT2D eigenvalue weighted by atomic mass is 35.5. The summed E-state index contributed by atoms with van der Waals surface area (Å²) in [6, 6.07) is 3.25. The number of thiophene rings is 1. The van der Waals surface area contributed by atoms with Crippen molar-refractivity contribution in [2.45, 2.75) is 71.9 Å². The maximum Gasteiger partial charge on any atom is 0.325 e. The van der Waals surface area contributed by atoms with E-state index in [4.69, 9.17) is 11.6 Å². The zero-order valence-corrected chi connectivity index (χ0v) is 19.9. The fraction of sp³-hybridized carbons (Fsp3) is 0.682. The van der Waals surface area contributed by atoms with E-state index in [0.717, 1.165) is 29.0 Å². The lowest BCUT2D eigenvalue weighted by Gasteiger charge is -2.42. The number of halogens is 1. The van der Waals surface area contributed by atoms with Crippen LogP contribution in [0.15, 0.2) is 12.1 Å². The second-order valence-electron chi connectivity index (χ2n) is 9.13. The van der Waals surface area contributed by atoms with Crippen LogP contribution >= 0.6 is 22.9 Å². The third-order valence-electron chi connectivity index (χ3n) is 7.10. The van der Waals surface area contributed by atoms with Gasteiger partial charge >= 0.3 is 6.03 Å². The first-order chi connectivity index (χ1) is 14.1. The molecular weight excluding hydrogens is 422 g/mol. The van der Waals surface area contributed by atoms with Gasteiger partial charge in [0.25, 0.3) is 5.91 Å². The zero-order chi connectivity index (χ0) is 22.1. The second-order valence-corrected chi connectivity index (χ2v) is 10.9. The summed E-state index contributed by atoms with van der Waals surface area (Å²) in [5.74, 6) is 0.0638. The van der Waals surface area contributed by atoms with Gasteiger partial charge in [0.1, 0.15) is 12.1 Å². The van der Waals surface area contributed by atoms with Gasteiger partial charge in [-0.3, -0.25) is 14.5 Å². The number of imide groups is 1. The SMILES string of the molecule is CCN(Cc1ccc(Cl)s1)C(=O)CN1C(=O)NC2(CCC(C(C)(C)CC)CC2)C1=O. The zero-order valence-electron chi connectivity index (χ0n) is 18.3. The molecular formula is C22H32ClN3O3S. The van der Waals surface area contributed by atoms with Gasteiger partial charge in [0, 0.05) is 11.4 Å². The Labute approximate surface area is 187 Å². The summed E-state index contributed by atoms with van der Waals surface area (Å²) in [5.41, 5.74) is -0.606. The van der Waals surface area contributed by atoms with Crippen LogP contribution in [0.4, 0.5) is 4.79 Å². The third-order valence-corrected chi connectivity index (χ3v) is 8.32. The van der Waals surface area contributed by atoms with E-state index in [1.165, 1.54) is 11.3 Å². The number of rotatable bonds is 7. The van der Waals surface area contributed by atoms with Crippen molar-refractivity contribution in [3.63, 3.8) is 0 Å². The van der Waals surface area contributed by atoms with Gasteiger partial charge in [-0.1, -0.05) is 38.8 Å². The molecule has 1 spiro atoms. The first-order valence-corrected chi connectivity index (χ1v) is 12.0. The molecule has 1 saturated heterocycles. The van der Waals surface area contributed by atoms with E-state index in [9.17, 15) is 14.4 Å². The number of hydrogen-bond acceptors (Lipinski definition) is 4. The largest absolute Gasteiger partial charge is 0.336 e. The minimum atomic E-state index is -0.837. The van der Waals surface area contributed by atoms with Crippen LogP contribution in [0.1, 0.15) is 64.7 Å². The van der Waals surface area contributed by atoms with Crippen molar-refractivity contribution >= 4 is 40.8 Å². The molecule has 30 heavy (non-hydrogen) atoms. The summed E-state index contributed by atoms with van der Waals surface area (Å²) in [6.07, 6.45) is 4.20. The second kappa shape index (κ2) is 8.87. The Kier molecular flexibility index (Phi) is 6.82. The lowest BCUT2D eigenvalue weighted by Crippen LogP contribution is -2.51. The molecule has 0 atom stereocenters. The average Bonchev–Trinajstić information content (AvgIpc) is 3.22. The van der Waals surface area contributed by atoms with Gasteiger partial charge in [0.2, 0.25) is 5.91 Å². The molecule has 2 heterocycles. The van der Waals surface area contributed by atoms with Crippen LogP contribution in [-0.4, -0.2) is 46.3 Å². The molecule has 1 N–H and O–H groups in total. The molecule has 0 radical (unpaired) electrons. The lowest BCUT2D eigenvalue weighted by atomic mass is 9.65. The molecule has 1 saturated carbocycles. The Morgan fingerprint density at radius 3 is 2.50 bits per heavy atom. The molecule has 1 aliphatic carbocycles. The molecule has 166 valence electrons. The minimum Gasteiger partial charge on any atom is -0.336 e. The molecule has 2 fully saturated rings. The molecule has 0 bridgehead atoms. The van der Waals surface area contributed by atoms with Gasteiger partial charge < -0.3 is 10.2 Å². The topological polar surface area (TPSA) is 69.7 Å². The highest BCUT2D eigenvalue weighted by Crippen LogP contribution is 2.45. The predicted octanol–water partition coefficient (Wildman–Crippen LogP) is 4.67. The molecule has 0 unspecified atom stereocenters. The van der Waals surface area contributed by atoms with Gasteiger partial charge in [0.05, 0.1) is 10.9 Å². The number of amides is 4. The van der Waals surface area contributed by atoms with E-state index in [1.54, 1.807) is 11.0 Å². The maximum atomic E-state index is 13.2. The predicted molar refractivity (Wildman–Crippen MR) is 119 cm³/mol. The average molecular weight is 454 g/mol. The number of hydrogen-bond donors (Lipinski definition) is 1. The van der Waals surface area contributed by atoms with Crippen LogP contribution in [0.3, 0.4) is 0 Å². The van der Waals surface area contributed by atoms with E-state index >= 15 is 0 Å². The van der Waals surface area contributed by atoms with Crippen LogP contribution in [0.25, 0.3) is 0 Å². The Balaban J connectivity index is 1.64. The van der Waals surface area contributed by atoms with Crippen LogP contribution in [0, 0.1) is 11.3 Å². The highest BCUT2D eigenvalue weighted by Gasteiger charge is 2.53. The van der Waals surface area contributed by atoms with Gasteiger partial charge in [-0.15, -0.1) is 11.3 Å². The normalized spacial score (nSPS) is 24.4. The quantitative estimate of drug-likeness (QED) is 0.610. The van der Waals surface area contributed by atoms with Crippen LogP contribution in [0.2, 0.25) is 4.34 Å². The fourth-order valence-corrected chi connectivity index (χ4v) is 5.68. The van der Waals surface area contributed by atoms with Gasteiger partial charge in [-0.05, 0) is 56.1 Å². The molecule has 2 aliphatic rings. The Bertz CT molecular complexity index is 814. The molecule has 6 nitrogen and oxygen atoms in total. The van der Waals surface area contributed by atoms with Crippen LogP contribution in [0.5, 0.6) is 0 Å². The van der Waals surface area contributed by atoms with Gasteiger partial charge in [0.15, 0.2) is 0 Å². The van der Waals surface area contributed by atoms with Gasteiger partial charge in [-0.2, -0.15) is 0 Å². The van der Waals surface area contributed by atoms with Crippen molar-refractivity contribution < 1.29 is 14.4 Å². The molecule has 1 aromatic rings. The number of nitrogens with zero attached hydrogens (tertiary/aromatic N) is 2. The van der Waals surface area contributed by atoms with Crippen molar-refractivity contribution in [3.05, 3.63) is 21.3 Å². The van der Waals surface area contributed by atoms with Crippen molar-refractivity contribution in [2.75, 3.05) is 13.1 Å². The molecule has 0 aromatic carbocycles. The summed E-state index contributed by atoms with van der Waals surface area (Å²) in [7, 11) is 0. The highest BCUT2D eigenvalue weighted by molar-refractivity contribution is 7.16. The maximum absolute atomic E-state index is 13.2. The molecule has 3 rings (SSSR count). The standard InChI is InChI=1S/C22H32ClN3O3S/c1-5-21(3,4)15-9-11-22(12-10-15)19(28)26(20(29)24-22)14-18(27)25(6-2)13-16-7-8-17(23)30-16/h7-8,15H,5-6,9-14H2,1-4H3,(H,24,29). The summed E-state index contributed by atoms with van der Waals surface area (Å²) >= 11 is 7.41. The van der Waals surface area contributed by atoms with E-state index < -0.39 is 11.6 Å². The van der Waals surface area contributed by atoms with Crippen molar-refractivity contribution in [1.29, 1.82) is 0 Å². The number of carbonyl (C=O) groups excluding carboxylic acids is 3. The molecule has 8 heteroatoms. The molecule has 1 aromatic heterocycles. The monoisotopic (exact) mass is 453 g/mol.